The van der Waals surface area contributed by atoms with E-state index in [1.54, 1.807) is 30.3 Å². The summed E-state index contributed by atoms with van der Waals surface area (Å²) < 4.78 is 11.9. The lowest BCUT2D eigenvalue weighted by Crippen LogP contribution is -2.44. The Bertz CT molecular complexity index is 987. The van der Waals surface area contributed by atoms with Crippen molar-refractivity contribution in [3.8, 4) is 0 Å². The normalized spacial score (nSPS) is 25.2. The molecule has 0 saturated carbocycles. The van der Waals surface area contributed by atoms with Gasteiger partial charge in [0.25, 0.3) is 5.56 Å². The molecular weight excluding hydrogens is 436 g/mol. The number of H-pyrrole nitrogens is 1. The SMILES string of the molecule is C=COC(C(=O)c1ccccc1)[C@H]1O[C@@H](n2cc(Br)c(=O)[nH]c2=O)[C@H](O)[C@@H]1O. The van der Waals surface area contributed by atoms with Crippen LogP contribution in [-0.4, -0.2) is 50.0 Å². The van der Waals surface area contributed by atoms with Crippen molar-refractivity contribution in [3.05, 3.63) is 80.2 Å². The molecule has 5 atom stereocenters. The van der Waals surface area contributed by atoms with E-state index in [1.807, 2.05) is 0 Å². The van der Waals surface area contributed by atoms with E-state index in [0.29, 0.717) is 5.56 Å². The summed E-state index contributed by atoms with van der Waals surface area (Å²) in [5.74, 6) is -0.493. The third-order valence-corrected chi connectivity index (χ3v) is 4.90. The highest BCUT2D eigenvalue weighted by Gasteiger charge is 2.50. The molecule has 1 fully saturated rings. The number of aromatic nitrogens is 2. The Labute approximate surface area is 167 Å². The number of carbonyl (C=O) groups is 1. The highest BCUT2D eigenvalue weighted by molar-refractivity contribution is 9.10. The second-order valence-corrected chi connectivity index (χ2v) is 6.92. The molecule has 1 aromatic heterocycles. The fraction of sp³-hybridized carbons (Fsp3) is 0.278. The molecule has 1 saturated heterocycles. The summed E-state index contributed by atoms with van der Waals surface area (Å²) in [4.78, 5) is 38.5. The highest BCUT2D eigenvalue weighted by Crippen LogP contribution is 2.32. The van der Waals surface area contributed by atoms with Crippen LogP contribution >= 0.6 is 15.9 Å². The van der Waals surface area contributed by atoms with Crippen molar-refractivity contribution in [2.45, 2.75) is 30.6 Å². The van der Waals surface area contributed by atoms with Gasteiger partial charge in [0, 0.05) is 11.8 Å². The van der Waals surface area contributed by atoms with Gasteiger partial charge < -0.3 is 19.7 Å². The molecular formula is C18H17BrN2O7. The van der Waals surface area contributed by atoms with Gasteiger partial charge in [-0.15, -0.1) is 0 Å². The smallest absolute Gasteiger partial charge is 0.330 e. The van der Waals surface area contributed by atoms with Gasteiger partial charge in [0.1, 0.15) is 18.3 Å². The number of hydrogen-bond donors (Lipinski definition) is 3. The number of benzene rings is 1. The molecule has 0 radical (unpaired) electrons. The van der Waals surface area contributed by atoms with Gasteiger partial charge in [-0.3, -0.25) is 19.1 Å². The number of aromatic amines is 1. The number of ketones is 1. The Morgan fingerprint density at radius 2 is 1.96 bits per heavy atom. The molecule has 2 heterocycles. The minimum absolute atomic E-state index is 0.0279. The molecule has 9 nitrogen and oxygen atoms in total. The maximum Gasteiger partial charge on any atom is 0.330 e. The number of hydrogen-bond acceptors (Lipinski definition) is 7. The molecule has 1 aromatic carbocycles. The van der Waals surface area contributed by atoms with Crippen LogP contribution in [0, 0.1) is 0 Å². The van der Waals surface area contributed by atoms with E-state index >= 15 is 0 Å². The number of carbonyl (C=O) groups excluding carboxylic acids is 1. The van der Waals surface area contributed by atoms with Gasteiger partial charge in [0.2, 0.25) is 5.78 Å². The van der Waals surface area contributed by atoms with E-state index in [9.17, 15) is 24.6 Å². The van der Waals surface area contributed by atoms with Crippen molar-refractivity contribution in [1.82, 2.24) is 9.55 Å². The maximum absolute atomic E-state index is 12.8. The first-order chi connectivity index (χ1) is 13.3. The van der Waals surface area contributed by atoms with Gasteiger partial charge >= 0.3 is 5.69 Å². The molecule has 2 aromatic rings. The quantitative estimate of drug-likeness (QED) is 0.425. The van der Waals surface area contributed by atoms with Gasteiger partial charge in [-0.25, -0.2) is 4.79 Å². The van der Waals surface area contributed by atoms with Gasteiger partial charge in [0.05, 0.1) is 10.7 Å². The monoisotopic (exact) mass is 452 g/mol. The molecule has 3 N–H and O–H groups in total. The number of Topliss-reactive ketones (excluding diaryl/α,β-unsaturated/α-hetero) is 1. The number of halogens is 1. The molecule has 10 heteroatoms. The first kappa shape index (κ1) is 20.2. The Kier molecular flexibility index (Phi) is 5.94. The number of nitrogens with zero attached hydrogens (tertiary/aromatic N) is 1. The predicted octanol–water partition coefficient (Wildman–Crippen LogP) is 0.330. The summed E-state index contributed by atoms with van der Waals surface area (Å²) in [6.45, 7) is 3.43. The third-order valence-electron chi connectivity index (χ3n) is 4.33. The fourth-order valence-electron chi connectivity index (χ4n) is 2.97. The van der Waals surface area contributed by atoms with Crippen LogP contribution in [0.5, 0.6) is 0 Å². The number of nitrogens with one attached hydrogen (secondary N) is 1. The van der Waals surface area contributed by atoms with Crippen molar-refractivity contribution in [3.63, 3.8) is 0 Å². The Morgan fingerprint density at radius 3 is 2.61 bits per heavy atom. The third kappa shape index (κ3) is 3.72. The van der Waals surface area contributed by atoms with Crippen molar-refractivity contribution in [2.75, 3.05) is 0 Å². The molecule has 28 heavy (non-hydrogen) atoms. The summed E-state index contributed by atoms with van der Waals surface area (Å²) in [5, 5.41) is 20.9. The van der Waals surface area contributed by atoms with Crippen LogP contribution in [0.3, 0.4) is 0 Å². The molecule has 1 unspecified atom stereocenters. The van der Waals surface area contributed by atoms with Crippen LogP contribution < -0.4 is 11.2 Å². The summed E-state index contributed by atoms with van der Waals surface area (Å²) >= 11 is 2.99. The maximum atomic E-state index is 12.8. The Hall–Kier alpha value is -2.53. The lowest BCUT2D eigenvalue weighted by Gasteiger charge is -2.24. The molecule has 0 bridgehead atoms. The van der Waals surface area contributed by atoms with Crippen molar-refractivity contribution >= 4 is 21.7 Å². The minimum Gasteiger partial charge on any atom is -0.488 e. The van der Waals surface area contributed by atoms with Crippen LogP contribution in [0.25, 0.3) is 0 Å². The topological polar surface area (TPSA) is 131 Å². The number of aliphatic hydroxyl groups excluding tert-OH is 2. The van der Waals surface area contributed by atoms with Crippen LogP contribution in [0.1, 0.15) is 16.6 Å². The lowest BCUT2D eigenvalue weighted by atomic mass is 9.98. The largest absolute Gasteiger partial charge is 0.488 e. The van der Waals surface area contributed by atoms with Crippen molar-refractivity contribution in [2.24, 2.45) is 0 Å². The number of ether oxygens (including phenoxy) is 2. The average Bonchev–Trinajstić information content (AvgIpc) is 2.98. The van der Waals surface area contributed by atoms with Crippen LogP contribution in [0.2, 0.25) is 0 Å². The van der Waals surface area contributed by atoms with Crippen molar-refractivity contribution in [1.29, 1.82) is 0 Å². The molecule has 1 aliphatic rings. The zero-order valence-corrected chi connectivity index (χ0v) is 16.0. The van der Waals surface area contributed by atoms with E-state index in [2.05, 4.69) is 27.5 Å². The minimum atomic E-state index is -1.56. The van der Waals surface area contributed by atoms with Gasteiger partial charge in [0.15, 0.2) is 12.3 Å². The number of rotatable bonds is 6. The van der Waals surface area contributed by atoms with E-state index in [-0.39, 0.29) is 4.47 Å². The van der Waals surface area contributed by atoms with E-state index < -0.39 is 47.7 Å². The van der Waals surface area contributed by atoms with Gasteiger partial charge in [-0.05, 0) is 15.9 Å². The summed E-state index contributed by atoms with van der Waals surface area (Å²) in [7, 11) is 0. The van der Waals surface area contributed by atoms with Crippen molar-refractivity contribution < 1.29 is 24.5 Å². The summed E-state index contributed by atoms with van der Waals surface area (Å²) in [6.07, 6.45) is -4.88. The molecule has 3 rings (SSSR count). The molecule has 0 aliphatic carbocycles. The Morgan fingerprint density at radius 1 is 1.29 bits per heavy atom. The zero-order valence-electron chi connectivity index (χ0n) is 14.4. The zero-order chi connectivity index (χ0) is 20.4. The van der Waals surface area contributed by atoms with E-state index in [1.165, 1.54) is 0 Å². The standard InChI is InChI=1S/C18H17BrN2O7/c1-2-27-14(11(22)9-6-4-3-5-7-9)15-12(23)13(24)17(28-15)21-8-10(19)16(25)20-18(21)26/h2-8,12-15,17,23-24H,1H2,(H,20,25,26)/t12-,13+,14?,15-,17+/m0/s1. The molecule has 0 spiro atoms. The second kappa shape index (κ2) is 8.23. The van der Waals surface area contributed by atoms with E-state index in [0.717, 1.165) is 17.0 Å². The summed E-state index contributed by atoms with van der Waals surface area (Å²) in [6, 6.07) is 8.21. The number of aliphatic hydroxyl groups is 2. The fourth-order valence-corrected chi connectivity index (χ4v) is 3.29. The molecule has 0 amide bonds. The van der Waals surface area contributed by atoms with Crippen LogP contribution in [0.15, 0.2) is 63.4 Å². The first-order valence-corrected chi connectivity index (χ1v) is 9.02. The van der Waals surface area contributed by atoms with Gasteiger partial charge in [-0.1, -0.05) is 36.9 Å². The molecule has 148 valence electrons. The van der Waals surface area contributed by atoms with Crippen LogP contribution in [-0.2, 0) is 9.47 Å². The lowest BCUT2D eigenvalue weighted by molar-refractivity contribution is -0.0780. The highest BCUT2D eigenvalue weighted by atomic mass is 79.9. The van der Waals surface area contributed by atoms with E-state index in [4.69, 9.17) is 9.47 Å². The van der Waals surface area contributed by atoms with Crippen LogP contribution in [0.4, 0.5) is 0 Å². The Balaban J connectivity index is 1.94. The molecule has 1 aliphatic heterocycles. The first-order valence-electron chi connectivity index (χ1n) is 8.23. The second-order valence-electron chi connectivity index (χ2n) is 6.07. The summed E-state index contributed by atoms with van der Waals surface area (Å²) in [5.41, 5.74) is -1.19. The van der Waals surface area contributed by atoms with Gasteiger partial charge in [-0.2, -0.15) is 0 Å². The average molecular weight is 453 g/mol. The predicted molar refractivity (Wildman–Crippen MR) is 101 cm³/mol.